The maximum absolute atomic E-state index is 14.0. The van der Waals surface area contributed by atoms with Crippen molar-refractivity contribution in [3.05, 3.63) is 59.7 Å². The van der Waals surface area contributed by atoms with Crippen LogP contribution in [0.1, 0.15) is 80.1 Å². The highest BCUT2D eigenvalue weighted by Gasteiger charge is 2.56. The Bertz CT molecular complexity index is 1320. The van der Waals surface area contributed by atoms with Crippen LogP contribution in [-0.2, 0) is 16.1 Å². The molecule has 45 heavy (non-hydrogen) atoms. The molecule has 1 spiro atoms. The van der Waals surface area contributed by atoms with Gasteiger partial charge in [0.15, 0.2) is 0 Å². The van der Waals surface area contributed by atoms with Gasteiger partial charge in [-0.1, -0.05) is 37.8 Å². The lowest BCUT2D eigenvalue weighted by molar-refractivity contribution is -0.167. The lowest BCUT2D eigenvalue weighted by Crippen LogP contribution is -2.75. The average Bonchev–Trinajstić information content (AvgIpc) is 3.04. The van der Waals surface area contributed by atoms with Crippen molar-refractivity contribution in [2.45, 2.75) is 88.4 Å². The predicted octanol–water partition coefficient (Wildman–Crippen LogP) is 4.66. The number of amides is 3. The standard InChI is InChI=1S/C35H46N4O5.ClH/c1-36-32(41)27-12-16-29(17-13-27)44-28-14-10-25(11-15-28)22-38-20-18-35(19-21-38)34(43)37-30(31(40)26-8-3-2-4-9-26)33(42)39(35)23-24-6-5-7-24;/h10-17,24,26,30-31,40H,2-9,18-23H2,1H3,(H,36,41)(H,37,43);1H/t30-,31-;/m1./s1. The van der Waals surface area contributed by atoms with Crippen LogP contribution in [-0.4, -0.2) is 77.0 Å². The molecule has 0 unspecified atom stereocenters. The zero-order chi connectivity index (χ0) is 30.7. The number of nitrogens with one attached hydrogen (secondary N) is 2. The molecule has 6 rings (SSSR count). The molecule has 3 amide bonds. The topological polar surface area (TPSA) is 111 Å². The smallest absolute Gasteiger partial charge is 0.251 e. The quantitative estimate of drug-likeness (QED) is 0.368. The highest BCUT2D eigenvalue weighted by Crippen LogP contribution is 2.39. The van der Waals surface area contributed by atoms with Crippen molar-refractivity contribution in [2.75, 3.05) is 26.7 Å². The first-order valence-corrected chi connectivity index (χ1v) is 16.5. The van der Waals surface area contributed by atoms with E-state index in [2.05, 4.69) is 27.7 Å². The minimum Gasteiger partial charge on any atom is -0.457 e. The molecule has 4 aliphatic rings. The van der Waals surface area contributed by atoms with Crippen molar-refractivity contribution < 1.29 is 24.2 Å². The van der Waals surface area contributed by atoms with Crippen LogP contribution >= 0.6 is 12.4 Å². The fraction of sp³-hybridized carbons (Fsp3) is 0.571. The van der Waals surface area contributed by atoms with E-state index in [0.717, 1.165) is 50.6 Å². The van der Waals surface area contributed by atoms with Crippen LogP contribution in [0.15, 0.2) is 48.5 Å². The first-order valence-electron chi connectivity index (χ1n) is 16.5. The lowest BCUT2D eigenvalue weighted by Gasteiger charge is -2.54. The summed E-state index contributed by atoms with van der Waals surface area (Å²) in [6.07, 6.45) is 8.92. The molecule has 2 atom stereocenters. The summed E-state index contributed by atoms with van der Waals surface area (Å²) in [5, 5.41) is 16.9. The van der Waals surface area contributed by atoms with Crippen LogP contribution < -0.4 is 15.4 Å². The van der Waals surface area contributed by atoms with Crippen molar-refractivity contribution >= 4 is 30.1 Å². The van der Waals surface area contributed by atoms with Crippen molar-refractivity contribution in [1.29, 1.82) is 0 Å². The first kappa shape index (κ1) is 33.2. The Morgan fingerprint density at radius 2 is 1.58 bits per heavy atom. The maximum atomic E-state index is 14.0. The van der Waals surface area contributed by atoms with Gasteiger partial charge in [-0.05, 0) is 92.3 Å². The van der Waals surface area contributed by atoms with Crippen LogP contribution in [0.3, 0.4) is 0 Å². The number of rotatable bonds is 9. The van der Waals surface area contributed by atoms with E-state index >= 15 is 0 Å². The van der Waals surface area contributed by atoms with Crippen LogP contribution in [0.5, 0.6) is 11.5 Å². The molecule has 0 radical (unpaired) electrons. The van der Waals surface area contributed by atoms with Crippen LogP contribution in [0.2, 0.25) is 0 Å². The van der Waals surface area contributed by atoms with Gasteiger partial charge >= 0.3 is 0 Å². The zero-order valence-corrected chi connectivity index (χ0v) is 27.0. The van der Waals surface area contributed by atoms with Gasteiger partial charge in [0.05, 0.1) is 6.10 Å². The third-order valence-corrected chi connectivity index (χ3v) is 10.5. The monoisotopic (exact) mass is 638 g/mol. The molecule has 244 valence electrons. The fourth-order valence-corrected chi connectivity index (χ4v) is 7.47. The van der Waals surface area contributed by atoms with Gasteiger partial charge in [0.2, 0.25) is 11.8 Å². The Kier molecular flexibility index (Phi) is 10.7. The average molecular weight is 639 g/mol. The number of halogens is 1. The molecule has 2 aromatic rings. The number of carbonyl (C=O) groups is 3. The number of carbonyl (C=O) groups excluding carboxylic acids is 3. The fourth-order valence-electron chi connectivity index (χ4n) is 7.47. The van der Waals surface area contributed by atoms with Crippen LogP contribution in [0.25, 0.3) is 0 Å². The molecule has 2 saturated heterocycles. The number of benzene rings is 2. The Morgan fingerprint density at radius 3 is 2.16 bits per heavy atom. The molecule has 2 aliphatic heterocycles. The molecule has 2 aliphatic carbocycles. The molecule has 0 aromatic heterocycles. The second-order valence-corrected chi connectivity index (χ2v) is 13.2. The predicted molar refractivity (Wildman–Crippen MR) is 174 cm³/mol. The highest BCUT2D eigenvalue weighted by atomic mass is 35.5. The highest BCUT2D eigenvalue weighted by molar-refractivity contribution is 6.00. The number of nitrogens with zero attached hydrogens (tertiary/aromatic N) is 2. The van der Waals surface area contributed by atoms with Gasteiger partial charge in [0, 0.05) is 38.8 Å². The van der Waals surface area contributed by atoms with E-state index in [9.17, 15) is 19.5 Å². The van der Waals surface area contributed by atoms with E-state index in [-0.39, 0.29) is 36.0 Å². The SMILES string of the molecule is CNC(=O)c1ccc(Oc2ccc(CN3CCC4(CC3)C(=O)N[C@H]([C@H](O)C3CCCCC3)C(=O)N4CC3CCC3)cc2)cc1.Cl. The number of piperidine rings is 1. The maximum Gasteiger partial charge on any atom is 0.251 e. The minimum atomic E-state index is -0.836. The van der Waals surface area contributed by atoms with Crippen LogP contribution in [0.4, 0.5) is 0 Å². The van der Waals surface area contributed by atoms with E-state index < -0.39 is 17.7 Å². The largest absolute Gasteiger partial charge is 0.457 e. The Balaban J connectivity index is 0.00000400. The summed E-state index contributed by atoms with van der Waals surface area (Å²) in [7, 11) is 1.61. The normalized spacial score (nSPS) is 23.1. The van der Waals surface area contributed by atoms with Crippen molar-refractivity contribution in [3.8, 4) is 11.5 Å². The second kappa shape index (κ2) is 14.5. The summed E-state index contributed by atoms with van der Waals surface area (Å²) in [4.78, 5) is 43.9. The summed E-state index contributed by atoms with van der Waals surface area (Å²) in [5.74, 6) is 1.60. The lowest BCUT2D eigenvalue weighted by atomic mass is 9.76. The summed E-state index contributed by atoms with van der Waals surface area (Å²) in [6.45, 7) is 2.80. The van der Waals surface area contributed by atoms with Crippen molar-refractivity contribution in [2.24, 2.45) is 11.8 Å². The molecule has 2 heterocycles. The number of hydrogen-bond acceptors (Lipinski definition) is 6. The Morgan fingerprint density at radius 1 is 0.956 bits per heavy atom. The minimum absolute atomic E-state index is 0. The number of likely N-dealkylation sites (tertiary alicyclic amines) is 1. The third kappa shape index (κ3) is 7.16. The molecule has 2 saturated carbocycles. The Hall–Kier alpha value is -3.14. The molecular formula is C35H47ClN4O5. The molecule has 0 bridgehead atoms. The third-order valence-electron chi connectivity index (χ3n) is 10.5. The summed E-state index contributed by atoms with van der Waals surface area (Å²) in [5.41, 5.74) is 0.892. The first-order chi connectivity index (χ1) is 21.4. The van der Waals surface area contributed by atoms with Crippen molar-refractivity contribution in [3.63, 3.8) is 0 Å². The molecular weight excluding hydrogens is 592 g/mol. The van der Waals surface area contributed by atoms with Gasteiger partial charge in [-0.25, -0.2) is 0 Å². The summed E-state index contributed by atoms with van der Waals surface area (Å²) >= 11 is 0. The summed E-state index contributed by atoms with van der Waals surface area (Å²) < 4.78 is 5.97. The van der Waals surface area contributed by atoms with Gasteiger partial charge < -0.3 is 25.4 Å². The van der Waals surface area contributed by atoms with Gasteiger partial charge in [0.1, 0.15) is 23.1 Å². The number of aliphatic hydroxyl groups is 1. The summed E-state index contributed by atoms with van der Waals surface area (Å²) in [6, 6.07) is 14.2. The molecule has 3 N–H and O–H groups in total. The van der Waals surface area contributed by atoms with Crippen molar-refractivity contribution in [1.82, 2.24) is 20.4 Å². The van der Waals surface area contributed by atoms with E-state index in [1.807, 2.05) is 17.0 Å². The molecule has 9 nitrogen and oxygen atoms in total. The molecule has 4 fully saturated rings. The zero-order valence-electron chi connectivity index (χ0n) is 26.2. The molecule has 10 heteroatoms. The van der Waals surface area contributed by atoms with E-state index in [4.69, 9.17) is 4.74 Å². The van der Waals surface area contributed by atoms with E-state index in [1.54, 1.807) is 31.3 Å². The van der Waals surface area contributed by atoms with Gasteiger partial charge in [-0.2, -0.15) is 0 Å². The number of piperazine rings is 1. The van der Waals surface area contributed by atoms with E-state index in [1.165, 1.54) is 12.8 Å². The molecule has 2 aromatic carbocycles. The number of aliphatic hydroxyl groups excluding tert-OH is 1. The van der Waals surface area contributed by atoms with Crippen LogP contribution in [0, 0.1) is 11.8 Å². The second-order valence-electron chi connectivity index (χ2n) is 13.2. The number of ether oxygens (including phenoxy) is 1. The van der Waals surface area contributed by atoms with E-state index in [0.29, 0.717) is 55.5 Å². The van der Waals surface area contributed by atoms with Gasteiger partial charge in [-0.3, -0.25) is 19.3 Å². The van der Waals surface area contributed by atoms with Gasteiger partial charge in [-0.15, -0.1) is 12.4 Å². The number of hydrogen-bond donors (Lipinski definition) is 3. The van der Waals surface area contributed by atoms with Gasteiger partial charge in [0.25, 0.3) is 5.91 Å². The Labute approximate surface area is 272 Å².